The smallest absolute Gasteiger partial charge is 0.433 e. The third-order valence-corrected chi connectivity index (χ3v) is 8.54. The van der Waals surface area contributed by atoms with Crippen LogP contribution in [0.15, 0.2) is 36.5 Å². The van der Waals surface area contributed by atoms with E-state index in [4.69, 9.17) is 9.47 Å². The Balaban J connectivity index is 1.66. The molecule has 1 aromatic heterocycles. The molecule has 2 aliphatic rings. The van der Waals surface area contributed by atoms with Crippen LogP contribution >= 0.6 is 0 Å². The number of halogens is 5. The van der Waals surface area contributed by atoms with Crippen molar-refractivity contribution in [1.82, 2.24) is 19.9 Å². The average Bonchev–Trinajstić information content (AvgIpc) is 2.96. The maximum absolute atomic E-state index is 16.3. The molecule has 2 saturated heterocycles. The van der Waals surface area contributed by atoms with Crippen LogP contribution in [-0.2, 0) is 36.7 Å². The Morgan fingerprint density at radius 2 is 1.78 bits per heavy atom. The van der Waals surface area contributed by atoms with Gasteiger partial charge in [-0.15, -0.1) is 4.72 Å². The van der Waals surface area contributed by atoms with Crippen molar-refractivity contribution < 1.29 is 55.2 Å². The number of aromatic nitrogens is 1. The lowest BCUT2D eigenvalue weighted by Gasteiger charge is -2.37. The average molecular weight is 661 g/mol. The lowest BCUT2D eigenvalue weighted by Crippen LogP contribution is -2.64. The Morgan fingerprint density at radius 3 is 2.36 bits per heavy atom. The predicted octanol–water partition coefficient (Wildman–Crippen LogP) is 3.91. The van der Waals surface area contributed by atoms with Crippen LogP contribution in [0.4, 0.5) is 26.7 Å². The number of hydrogen-bond acceptors (Lipinski definition) is 9. The van der Waals surface area contributed by atoms with Crippen molar-refractivity contribution in [3.8, 4) is 11.5 Å². The summed E-state index contributed by atoms with van der Waals surface area (Å²) in [6, 6.07) is 0.551. The number of ether oxygens (including phenoxy) is 2. The van der Waals surface area contributed by atoms with Crippen LogP contribution in [0.25, 0.3) is 0 Å². The van der Waals surface area contributed by atoms with Gasteiger partial charge in [0.1, 0.15) is 33.8 Å². The van der Waals surface area contributed by atoms with Crippen molar-refractivity contribution in [1.29, 1.82) is 0 Å². The van der Waals surface area contributed by atoms with E-state index in [1.165, 1.54) is 20.8 Å². The van der Waals surface area contributed by atoms with E-state index in [-0.39, 0.29) is 37.6 Å². The van der Waals surface area contributed by atoms with E-state index in [1.54, 1.807) is 0 Å². The Kier molecular flexibility index (Phi) is 10.2. The van der Waals surface area contributed by atoms with Gasteiger partial charge < -0.3 is 14.0 Å². The Hall–Kier alpha value is -3.67. The fourth-order valence-corrected chi connectivity index (χ4v) is 5.42. The summed E-state index contributed by atoms with van der Waals surface area (Å²) in [5, 5.41) is 1.90. The maximum Gasteiger partial charge on any atom is 0.433 e. The molecule has 3 heterocycles. The molecular weight excluding hydrogens is 631 g/mol. The van der Waals surface area contributed by atoms with Crippen LogP contribution in [-0.4, -0.2) is 68.2 Å². The Morgan fingerprint density at radius 1 is 1.13 bits per heavy atom. The Bertz CT molecular complexity index is 1450. The van der Waals surface area contributed by atoms with Crippen molar-refractivity contribution in [2.45, 2.75) is 62.8 Å². The molecule has 45 heavy (non-hydrogen) atoms. The number of Topliss-reactive ketones (excluding diaryl/α,β-unsaturated/α-hetero) is 1. The van der Waals surface area contributed by atoms with Crippen molar-refractivity contribution >= 4 is 35.0 Å². The molecule has 244 valence electrons. The highest BCUT2D eigenvalue weighted by Crippen LogP contribution is 2.34. The van der Waals surface area contributed by atoms with E-state index >= 15 is 8.78 Å². The van der Waals surface area contributed by atoms with Crippen LogP contribution in [0.2, 0.25) is 0 Å². The summed E-state index contributed by atoms with van der Waals surface area (Å²) in [7, 11) is 0. The molecule has 2 N–H and O–H groups in total. The second-order valence-electron chi connectivity index (χ2n) is 11.2. The van der Waals surface area contributed by atoms with Gasteiger partial charge in [-0.1, -0.05) is 0 Å². The van der Waals surface area contributed by atoms with Crippen molar-refractivity contribution in [2.75, 3.05) is 13.2 Å². The summed E-state index contributed by atoms with van der Waals surface area (Å²) in [5.41, 5.74) is -1.80. The number of benzene rings is 1. The molecule has 4 atom stereocenters. The van der Waals surface area contributed by atoms with Crippen LogP contribution in [0.3, 0.4) is 0 Å². The highest BCUT2D eigenvalue weighted by molar-refractivity contribution is 7.90. The summed E-state index contributed by atoms with van der Waals surface area (Å²) in [5.74, 6) is -8.08. The van der Waals surface area contributed by atoms with Gasteiger partial charge in [-0.25, -0.2) is 18.6 Å². The molecule has 2 aromatic rings. The first-order valence-corrected chi connectivity index (χ1v) is 14.8. The van der Waals surface area contributed by atoms with E-state index in [9.17, 15) is 36.9 Å². The van der Waals surface area contributed by atoms with Crippen molar-refractivity contribution in [3.63, 3.8) is 0 Å². The summed E-state index contributed by atoms with van der Waals surface area (Å²) in [6.07, 6.45) is -6.38. The normalized spacial score (nSPS) is 20.4. The third kappa shape index (κ3) is 7.77. The van der Waals surface area contributed by atoms with Gasteiger partial charge in [0, 0.05) is 36.2 Å². The van der Waals surface area contributed by atoms with Gasteiger partial charge in [-0.3, -0.25) is 24.6 Å². The molecule has 0 radical (unpaired) electrons. The first-order valence-electron chi connectivity index (χ1n) is 13.6. The fourth-order valence-electron chi connectivity index (χ4n) is 4.59. The minimum absolute atomic E-state index is 0.196. The van der Waals surface area contributed by atoms with E-state index in [2.05, 4.69) is 9.71 Å². The summed E-state index contributed by atoms with van der Waals surface area (Å²) >= 11 is -2.14. The molecule has 0 saturated carbocycles. The zero-order valence-electron chi connectivity index (χ0n) is 24.2. The van der Waals surface area contributed by atoms with Crippen molar-refractivity contribution in [3.05, 3.63) is 53.6 Å². The lowest BCUT2D eigenvalue weighted by atomic mass is 9.89. The number of barbiturate groups is 1. The van der Waals surface area contributed by atoms with Crippen LogP contribution < -0.4 is 14.8 Å². The zero-order valence-corrected chi connectivity index (χ0v) is 25.0. The molecule has 4 rings (SSSR count). The lowest BCUT2D eigenvalue weighted by molar-refractivity contribution is -0.151. The second kappa shape index (κ2) is 13.4. The molecule has 0 aliphatic carbocycles. The number of urea groups is 1. The van der Waals surface area contributed by atoms with Gasteiger partial charge in [-0.05, 0) is 63.9 Å². The van der Waals surface area contributed by atoms with E-state index in [0.29, 0.717) is 11.0 Å². The largest absolute Gasteiger partial charge is 0.598 e. The standard InChI is InChI=1S/C28H29F5N4O7S/c1-27(2,3)45(42)36-22(17-12-15(4-6-18(17)29)44-16-5-7-19(34-13-16)28(31,32)33)21(30)23(38)20-24(39)35-26(41)37(25(20)40)14-8-10-43-11-9-14/h4-7,12-14,20-22,36H,8-11H2,1-3H3,(H,35,39,41)/t20?,21-,22+,45-/m1/s1. The number of carbonyl (C=O) groups is 4. The SMILES string of the molecule is CC(C)(C)[S@@+]([O-])N[C@@H](c1cc(Oc2ccc(C(F)(F)F)nc2)ccc1F)[C@@H](F)C(=O)C1C(=O)NC(=O)N(C2CCOCC2)C1=O. The summed E-state index contributed by atoms with van der Waals surface area (Å²) in [6.45, 7) is 4.91. The molecule has 1 unspecified atom stereocenters. The van der Waals surface area contributed by atoms with E-state index in [0.717, 1.165) is 30.5 Å². The number of nitrogens with zero attached hydrogens (tertiary/aromatic N) is 2. The molecular formula is C28H29F5N4O7S. The molecule has 2 fully saturated rings. The Labute approximate surface area is 257 Å². The number of nitrogens with one attached hydrogen (secondary N) is 2. The minimum Gasteiger partial charge on any atom is -0.598 e. The van der Waals surface area contributed by atoms with Gasteiger partial charge >= 0.3 is 12.2 Å². The summed E-state index contributed by atoms with van der Waals surface area (Å²) < 4.78 is 95.1. The van der Waals surface area contributed by atoms with Crippen LogP contribution in [0, 0.1) is 11.7 Å². The molecule has 4 amide bonds. The van der Waals surface area contributed by atoms with Gasteiger partial charge in [0.15, 0.2) is 17.9 Å². The van der Waals surface area contributed by atoms with Gasteiger partial charge in [0.25, 0.3) is 5.91 Å². The van der Waals surface area contributed by atoms with Crippen molar-refractivity contribution in [2.24, 2.45) is 5.92 Å². The van der Waals surface area contributed by atoms with Crippen LogP contribution in [0.1, 0.15) is 50.9 Å². The highest BCUT2D eigenvalue weighted by atomic mass is 32.2. The number of carbonyl (C=O) groups excluding carboxylic acids is 4. The van der Waals surface area contributed by atoms with E-state index < -0.39 is 87.2 Å². The number of amides is 4. The highest BCUT2D eigenvalue weighted by Gasteiger charge is 2.51. The number of imide groups is 2. The monoisotopic (exact) mass is 660 g/mol. The predicted molar refractivity (Wildman–Crippen MR) is 147 cm³/mol. The number of ketones is 1. The number of alkyl halides is 4. The van der Waals surface area contributed by atoms with Crippen LogP contribution in [0.5, 0.6) is 11.5 Å². The number of rotatable bonds is 9. The zero-order chi connectivity index (χ0) is 33.3. The first-order chi connectivity index (χ1) is 21.0. The van der Waals surface area contributed by atoms with Gasteiger partial charge in [-0.2, -0.15) is 13.2 Å². The number of pyridine rings is 1. The van der Waals surface area contributed by atoms with E-state index in [1.807, 2.05) is 5.32 Å². The number of hydrogen-bond donors (Lipinski definition) is 2. The quantitative estimate of drug-likeness (QED) is 0.232. The topological polar surface area (TPSA) is 150 Å². The fraction of sp³-hybridized carbons (Fsp3) is 0.464. The summed E-state index contributed by atoms with van der Waals surface area (Å²) in [4.78, 5) is 56.0. The minimum atomic E-state index is -4.71. The van der Waals surface area contributed by atoms with Gasteiger partial charge in [0.2, 0.25) is 5.91 Å². The van der Waals surface area contributed by atoms with Gasteiger partial charge in [0.05, 0.1) is 6.20 Å². The molecule has 0 bridgehead atoms. The molecule has 2 aliphatic heterocycles. The maximum atomic E-state index is 16.3. The third-order valence-electron chi connectivity index (χ3n) is 6.96. The first kappa shape index (κ1) is 34.2. The molecule has 1 aromatic carbocycles. The second-order valence-corrected chi connectivity index (χ2v) is 13.2. The molecule has 0 spiro atoms. The molecule has 17 heteroatoms. The molecule has 11 nitrogen and oxygen atoms in total.